The Balaban J connectivity index is 2.20. The molecular weight excluding hydrogens is 248 g/mol. The molecule has 4 heteroatoms. The third-order valence-corrected chi connectivity index (χ3v) is 3.50. The van der Waals surface area contributed by atoms with E-state index in [0.29, 0.717) is 23.5 Å². The molecule has 0 atom stereocenters. The molecule has 1 aromatic heterocycles. The Labute approximate surface area is 110 Å². The molecule has 1 heterocycles. The highest BCUT2D eigenvalue weighted by molar-refractivity contribution is 7.10. The van der Waals surface area contributed by atoms with Gasteiger partial charge in [-0.15, -0.1) is 11.3 Å². The molecule has 94 valence electrons. The van der Waals surface area contributed by atoms with Crippen LogP contribution in [0.15, 0.2) is 35.7 Å². The van der Waals surface area contributed by atoms with Gasteiger partial charge in [0, 0.05) is 16.9 Å². The Kier molecular flexibility index (Phi) is 3.99. The number of thiophene rings is 1. The molecular formula is C14H14O3S. The molecule has 0 amide bonds. The van der Waals surface area contributed by atoms with E-state index in [0.717, 1.165) is 4.88 Å². The number of hydrogen-bond acceptors (Lipinski definition) is 4. The van der Waals surface area contributed by atoms with Gasteiger partial charge in [-0.1, -0.05) is 6.07 Å². The van der Waals surface area contributed by atoms with Crippen molar-refractivity contribution in [1.82, 2.24) is 0 Å². The van der Waals surface area contributed by atoms with Crippen molar-refractivity contribution in [2.45, 2.75) is 6.42 Å². The predicted molar refractivity (Wildman–Crippen MR) is 71.9 cm³/mol. The number of hydrogen-bond donors (Lipinski definition) is 0. The van der Waals surface area contributed by atoms with E-state index in [1.54, 1.807) is 43.8 Å². The van der Waals surface area contributed by atoms with Crippen LogP contribution < -0.4 is 9.47 Å². The van der Waals surface area contributed by atoms with E-state index in [9.17, 15) is 4.79 Å². The number of methoxy groups -OCH3 is 2. The van der Waals surface area contributed by atoms with Gasteiger partial charge in [-0.3, -0.25) is 4.79 Å². The maximum absolute atomic E-state index is 12.1. The molecule has 0 aliphatic carbocycles. The molecule has 0 aliphatic heterocycles. The summed E-state index contributed by atoms with van der Waals surface area (Å²) in [5.74, 6) is 1.29. The van der Waals surface area contributed by atoms with Crippen molar-refractivity contribution in [3.63, 3.8) is 0 Å². The minimum Gasteiger partial charge on any atom is -0.493 e. The summed E-state index contributed by atoms with van der Waals surface area (Å²) in [5, 5.41) is 1.97. The average molecular weight is 262 g/mol. The van der Waals surface area contributed by atoms with Crippen molar-refractivity contribution in [1.29, 1.82) is 0 Å². The average Bonchev–Trinajstić information content (AvgIpc) is 2.90. The fourth-order valence-electron chi connectivity index (χ4n) is 1.68. The molecule has 1 aromatic carbocycles. The van der Waals surface area contributed by atoms with Gasteiger partial charge in [0.25, 0.3) is 0 Å². The molecule has 0 fully saturated rings. The zero-order chi connectivity index (χ0) is 13.0. The van der Waals surface area contributed by atoms with E-state index in [1.165, 1.54) is 0 Å². The summed E-state index contributed by atoms with van der Waals surface area (Å²) in [6, 6.07) is 9.14. The number of carbonyl (C=O) groups excluding carboxylic acids is 1. The van der Waals surface area contributed by atoms with E-state index in [1.807, 2.05) is 17.5 Å². The van der Waals surface area contributed by atoms with E-state index in [-0.39, 0.29) is 5.78 Å². The van der Waals surface area contributed by atoms with Gasteiger partial charge in [0.05, 0.1) is 14.2 Å². The van der Waals surface area contributed by atoms with Crippen molar-refractivity contribution in [3.05, 3.63) is 46.2 Å². The van der Waals surface area contributed by atoms with Crippen LogP contribution in [0.3, 0.4) is 0 Å². The first-order valence-corrected chi connectivity index (χ1v) is 6.40. The summed E-state index contributed by atoms with van der Waals surface area (Å²) in [6.45, 7) is 0. The molecule has 0 radical (unpaired) electrons. The molecule has 0 unspecified atom stereocenters. The molecule has 0 saturated carbocycles. The molecule has 3 nitrogen and oxygen atoms in total. The highest BCUT2D eigenvalue weighted by Crippen LogP contribution is 2.28. The maximum Gasteiger partial charge on any atom is 0.168 e. The van der Waals surface area contributed by atoms with Gasteiger partial charge in [0.1, 0.15) is 0 Å². The lowest BCUT2D eigenvalue weighted by Gasteiger charge is -2.08. The Morgan fingerprint density at radius 2 is 1.94 bits per heavy atom. The van der Waals surface area contributed by atoms with Crippen molar-refractivity contribution in [3.8, 4) is 11.5 Å². The van der Waals surface area contributed by atoms with Crippen LogP contribution in [0, 0.1) is 0 Å². The summed E-state index contributed by atoms with van der Waals surface area (Å²) < 4.78 is 10.3. The van der Waals surface area contributed by atoms with Gasteiger partial charge in [0.2, 0.25) is 0 Å². The predicted octanol–water partition coefficient (Wildman–Crippen LogP) is 3.19. The largest absolute Gasteiger partial charge is 0.493 e. The highest BCUT2D eigenvalue weighted by atomic mass is 32.1. The zero-order valence-electron chi connectivity index (χ0n) is 10.3. The fraction of sp³-hybridized carbons (Fsp3) is 0.214. The Hall–Kier alpha value is -1.81. The lowest BCUT2D eigenvalue weighted by molar-refractivity contribution is 0.0993. The molecule has 0 aliphatic rings. The van der Waals surface area contributed by atoms with E-state index < -0.39 is 0 Å². The van der Waals surface area contributed by atoms with Crippen LogP contribution in [0.4, 0.5) is 0 Å². The molecule has 2 aromatic rings. The minimum absolute atomic E-state index is 0.0819. The Morgan fingerprint density at radius 3 is 2.56 bits per heavy atom. The maximum atomic E-state index is 12.1. The summed E-state index contributed by atoms with van der Waals surface area (Å²) in [4.78, 5) is 13.2. The van der Waals surface area contributed by atoms with Gasteiger partial charge in [-0.05, 0) is 29.6 Å². The summed E-state index contributed by atoms with van der Waals surface area (Å²) >= 11 is 1.59. The number of benzene rings is 1. The minimum atomic E-state index is 0.0819. The van der Waals surface area contributed by atoms with Gasteiger partial charge in [-0.25, -0.2) is 0 Å². The van der Waals surface area contributed by atoms with Crippen LogP contribution in [0.25, 0.3) is 0 Å². The highest BCUT2D eigenvalue weighted by Gasteiger charge is 2.11. The topological polar surface area (TPSA) is 35.5 Å². The smallest absolute Gasteiger partial charge is 0.168 e. The number of ketones is 1. The van der Waals surface area contributed by atoms with Crippen LogP contribution in [-0.2, 0) is 6.42 Å². The fourth-order valence-corrected chi connectivity index (χ4v) is 2.39. The number of carbonyl (C=O) groups is 1. The second kappa shape index (κ2) is 5.69. The van der Waals surface area contributed by atoms with Gasteiger partial charge in [-0.2, -0.15) is 0 Å². The molecule has 0 spiro atoms. The van der Waals surface area contributed by atoms with Crippen molar-refractivity contribution in [2.24, 2.45) is 0 Å². The Bertz CT molecular complexity index is 532. The summed E-state index contributed by atoms with van der Waals surface area (Å²) in [6.07, 6.45) is 0.424. The van der Waals surface area contributed by atoms with E-state index in [2.05, 4.69) is 0 Å². The molecule has 0 saturated heterocycles. The lowest BCUT2D eigenvalue weighted by atomic mass is 10.1. The normalized spacial score (nSPS) is 10.1. The lowest BCUT2D eigenvalue weighted by Crippen LogP contribution is -2.03. The van der Waals surface area contributed by atoms with Crippen molar-refractivity contribution < 1.29 is 14.3 Å². The van der Waals surface area contributed by atoms with Crippen molar-refractivity contribution in [2.75, 3.05) is 14.2 Å². The van der Waals surface area contributed by atoms with Crippen LogP contribution >= 0.6 is 11.3 Å². The molecule has 0 N–H and O–H groups in total. The molecule has 0 bridgehead atoms. The molecule has 18 heavy (non-hydrogen) atoms. The third kappa shape index (κ3) is 2.71. The monoisotopic (exact) mass is 262 g/mol. The number of rotatable bonds is 5. The van der Waals surface area contributed by atoms with E-state index in [4.69, 9.17) is 9.47 Å². The van der Waals surface area contributed by atoms with Gasteiger partial charge >= 0.3 is 0 Å². The van der Waals surface area contributed by atoms with Gasteiger partial charge < -0.3 is 9.47 Å². The Morgan fingerprint density at radius 1 is 1.17 bits per heavy atom. The molecule has 2 rings (SSSR count). The van der Waals surface area contributed by atoms with Crippen LogP contribution in [0.2, 0.25) is 0 Å². The number of Topliss-reactive ketones (excluding diaryl/α,β-unsaturated/α-hetero) is 1. The van der Waals surface area contributed by atoms with Crippen LogP contribution in [0.5, 0.6) is 11.5 Å². The van der Waals surface area contributed by atoms with Crippen LogP contribution in [-0.4, -0.2) is 20.0 Å². The first-order valence-electron chi connectivity index (χ1n) is 5.52. The van der Waals surface area contributed by atoms with Crippen LogP contribution in [0.1, 0.15) is 15.2 Å². The summed E-state index contributed by atoms with van der Waals surface area (Å²) in [5.41, 5.74) is 0.640. The second-order valence-corrected chi connectivity index (χ2v) is 4.78. The zero-order valence-corrected chi connectivity index (χ0v) is 11.1. The first kappa shape index (κ1) is 12.6. The second-order valence-electron chi connectivity index (χ2n) is 3.75. The van der Waals surface area contributed by atoms with E-state index >= 15 is 0 Å². The van der Waals surface area contributed by atoms with Gasteiger partial charge in [0.15, 0.2) is 17.3 Å². The number of ether oxygens (including phenoxy) is 2. The first-order chi connectivity index (χ1) is 8.74. The van der Waals surface area contributed by atoms with Crippen molar-refractivity contribution >= 4 is 17.1 Å². The SMILES string of the molecule is COc1ccc(C(=O)Cc2cccs2)cc1OC. The summed E-state index contributed by atoms with van der Waals surface area (Å²) in [7, 11) is 3.14. The quantitative estimate of drug-likeness (QED) is 0.776. The standard InChI is InChI=1S/C14H14O3S/c1-16-13-6-5-10(8-14(13)17-2)12(15)9-11-4-3-7-18-11/h3-8H,9H2,1-2H3. The third-order valence-electron chi connectivity index (χ3n) is 2.62.